The second-order valence-electron chi connectivity index (χ2n) is 9.40. The van der Waals surface area contributed by atoms with Crippen molar-refractivity contribution >= 4 is 0 Å². The van der Waals surface area contributed by atoms with E-state index in [9.17, 15) is 0 Å². The summed E-state index contributed by atoms with van der Waals surface area (Å²) in [5, 5.41) is 0. The Kier molecular flexibility index (Phi) is 11.3. The first-order valence-electron chi connectivity index (χ1n) is 12.6. The molecular weight excluding hydrogens is 404 g/mol. The fraction of sp³-hybridized carbons (Fsp3) is 0.484. The lowest BCUT2D eigenvalue weighted by Crippen LogP contribution is -2.08. The molecule has 0 aliphatic heterocycles. The fourth-order valence-electron chi connectivity index (χ4n) is 4.11. The van der Waals surface area contributed by atoms with Crippen LogP contribution in [0, 0.1) is 20.8 Å². The molecule has 2 aromatic rings. The maximum absolute atomic E-state index is 6.43. The van der Waals surface area contributed by atoms with Gasteiger partial charge >= 0.3 is 0 Å². The van der Waals surface area contributed by atoms with Crippen LogP contribution in [0.3, 0.4) is 0 Å². The van der Waals surface area contributed by atoms with E-state index in [1.807, 2.05) is 6.07 Å². The maximum atomic E-state index is 6.43. The molecule has 0 heterocycles. The average Bonchev–Trinajstić information content (AvgIpc) is 2.79. The molecule has 2 nitrogen and oxygen atoms in total. The zero-order valence-electron chi connectivity index (χ0n) is 22.0. The van der Waals surface area contributed by atoms with Crippen molar-refractivity contribution in [2.75, 3.05) is 6.61 Å². The molecule has 0 aliphatic rings. The summed E-state index contributed by atoms with van der Waals surface area (Å²) in [4.78, 5) is 0. The van der Waals surface area contributed by atoms with Gasteiger partial charge in [0.1, 0.15) is 18.1 Å². The van der Waals surface area contributed by atoms with E-state index in [0.717, 1.165) is 43.6 Å². The van der Waals surface area contributed by atoms with E-state index in [4.69, 9.17) is 9.47 Å². The molecular formula is C31H44O2. The second-order valence-corrected chi connectivity index (χ2v) is 9.40. The third kappa shape index (κ3) is 8.42. The minimum absolute atomic E-state index is 0.589. The van der Waals surface area contributed by atoms with Gasteiger partial charge in [-0.15, -0.1) is 0 Å². The Hall–Kier alpha value is -2.48. The second kappa shape index (κ2) is 13.9. The van der Waals surface area contributed by atoms with Crippen LogP contribution in [0.5, 0.6) is 11.5 Å². The summed E-state index contributed by atoms with van der Waals surface area (Å²) in [6.07, 6.45) is 11.2. The van der Waals surface area contributed by atoms with Crippen molar-refractivity contribution in [3.8, 4) is 11.5 Å². The third-order valence-electron chi connectivity index (χ3n) is 6.27. The van der Waals surface area contributed by atoms with Gasteiger partial charge in [0.2, 0.25) is 0 Å². The quantitative estimate of drug-likeness (QED) is 0.225. The molecule has 0 saturated carbocycles. The molecule has 0 spiro atoms. The van der Waals surface area contributed by atoms with Crippen LogP contribution in [-0.4, -0.2) is 6.61 Å². The van der Waals surface area contributed by atoms with Crippen molar-refractivity contribution in [3.05, 3.63) is 81.4 Å². The van der Waals surface area contributed by atoms with E-state index >= 15 is 0 Å². The van der Waals surface area contributed by atoms with Crippen LogP contribution in [0.4, 0.5) is 0 Å². The first-order chi connectivity index (χ1) is 15.8. The Balaban J connectivity index is 2.15. The number of benzene rings is 2. The highest BCUT2D eigenvalue weighted by molar-refractivity contribution is 5.58. The summed E-state index contributed by atoms with van der Waals surface area (Å²) >= 11 is 0. The van der Waals surface area contributed by atoms with Gasteiger partial charge in [0, 0.05) is 5.56 Å². The molecule has 0 atom stereocenters. The first kappa shape index (κ1) is 26.8. The minimum Gasteiger partial charge on any atom is -0.493 e. The standard InChI is InChI=1S/C31H44O2/c1-8-9-20-29-27(7)30(33-22-28-18-11-10-12-19-28)25(5)26(6)31(29)32-21-14-17-24(4)16-13-15-23(2)3/h10-12,15,17-19H,8-9,13-14,16,20-22H2,1-7H3/b24-17+. The monoisotopic (exact) mass is 448 g/mol. The SMILES string of the molecule is CCCCc1c(C)c(OCc2ccccc2)c(C)c(C)c1OCC/C=C(\C)CCC=C(C)C. The van der Waals surface area contributed by atoms with Crippen LogP contribution in [0.2, 0.25) is 0 Å². The van der Waals surface area contributed by atoms with Crippen LogP contribution in [0.15, 0.2) is 53.6 Å². The van der Waals surface area contributed by atoms with Crippen molar-refractivity contribution in [2.45, 2.75) is 93.6 Å². The molecule has 0 unspecified atom stereocenters. The van der Waals surface area contributed by atoms with Crippen LogP contribution < -0.4 is 9.47 Å². The Labute approximate surface area is 202 Å². The normalized spacial score (nSPS) is 11.4. The Morgan fingerprint density at radius 3 is 2.18 bits per heavy atom. The summed E-state index contributed by atoms with van der Waals surface area (Å²) in [6.45, 7) is 16.6. The molecule has 2 rings (SSSR count). The number of unbranched alkanes of at least 4 members (excludes halogenated alkanes) is 1. The molecule has 0 N–H and O–H groups in total. The Morgan fingerprint density at radius 2 is 1.52 bits per heavy atom. The van der Waals surface area contributed by atoms with Gasteiger partial charge in [-0.2, -0.15) is 0 Å². The summed E-state index contributed by atoms with van der Waals surface area (Å²) in [5.41, 5.74) is 8.96. The van der Waals surface area contributed by atoms with Gasteiger partial charge in [0.25, 0.3) is 0 Å². The van der Waals surface area contributed by atoms with E-state index in [1.165, 1.54) is 45.4 Å². The molecule has 180 valence electrons. The molecule has 0 fully saturated rings. The number of hydrogen-bond acceptors (Lipinski definition) is 2. The van der Waals surface area contributed by atoms with E-state index in [1.54, 1.807) is 0 Å². The molecule has 0 bridgehead atoms. The van der Waals surface area contributed by atoms with Crippen LogP contribution in [0.1, 0.15) is 87.6 Å². The van der Waals surface area contributed by atoms with Gasteiger partial charge in [0.05, 0.1) is 6.61 Å². The molecule has 0 aliphatic carbocycles. The zero-order valence-corrected chi connectivity index (χ0v) is 22.0. The lowest BCUT2D eigenvalue weighted by molar-refractivity contribution is 0.295. The molecule has 2 heteroatoms. The number of hydrogen-bond donors (Lipinski definition) is 0. The highest BCUT2D eigenvalue weighted by atomic mass is 16.5. The van der Waals surface area contributed by atoms with Crippen molar-refractivity contribution in [1.82, 2.24) is 0 Å². The molecule has 0 saturated heterocycles. The first-order valence-corrected chi connectivity index (χ1v) is 12.6. The van der Waals surface area contributed by atoms with E-state index < -0.39 is 0 Å². The van der Waals surface area contributed by atoms with Gasteiger partial charge in [-0.05, 0) is 95.9 Å². The van der Waals surface area contributed by atoms with Crippen molar-refractivity contribution in [3.63, 3.8) is 0 Å². The predicted octanol–water partition coefficient (Wildman–Crippen LogP) is 9.00. The highest BCUT2D eigenvalue weighted by Gasteiger charge is 2.19. The highest BCUT2D eigenvalue weighted by Crippen LogP contribution is 2.39. The minimum atomic E-state index is 0.589. The lowest BCUT2D eigenvalue weighted by atomic mass is 9.94. The van der Waals surface area contributed by atoms with Gasteiger partial charge in [0.15, 0.2) is 0 Å². The molecule has 0 aromatic heterocycles. The maximum Gasteiger partial charge on any atom is 0.126 e. The van der Waals surface area contributed by atoms with Crippen LogP contribution >= 0.6 is 0 Å². The molecule has 33 heavy (non-hydrogen) atoms. The Morgan fingerprint density at radius 1 is 0.818 bits per heavy atom. The smallest absolute Gasteiger partial charge is 0.126 e. The largest absolute Gasteiger partial charge is 0.493 e. The number of rotatable bonds is 13. The van der Waals surface area contributed by atoms with Gasteiger partial charge in [-0.25, -0.2) is 0 Å². The van der Waals surface area contributed by atoms with Crippen LogP contribution in [0.25, 0.3) is 0 Å². The third-order valence-corrected chi connectivity index (χ3v) is 6.27. The topological polar surface area (TPSA) is 18.5 Å². The summed E-state index contributed by atoms with van der Waals surface area (Å²) in [6, 6.07) is 10.4. The Bertz CT molecular complexity index is 931. The van der Waals surface area contributed by atoms with Crippen molar-refractivity contribution < 1.29 is 9.47 Å². The van der Waals surface area contributed by atoms with Gasteiger partial charge < -0.3 is 9.47 Å². The lowest BCUT2D eigenvalue weighted by Gasteiger charge is -2.23. The molecule has 0 radical (unpaired) electrons. The van der Waals surface area contributed by atoms with Gasteiger partial charge in [-0.3, -0.25) is 0 Å². The summed E-state index contributed by atoms with van der Waals surface area (Å²) in [7, 11) is 0. The fourth-order valence-corrected chi connectivity index (χ4v) is 4.11. The summed E-state index contributed by atoms with van der Waals surface area (Å²) < 4.78 is 12.8. The zero-order chi connectivity index (χ0) is 24.2. The number of ether oxygens (including phenoxy) is 2. The van der Waals surface area contributed by atoms with E-state index in [2.05, 4.69) is 84.9 Å². The van der Waals surface area contributed by atoms with Crippen molar-refractivity contribution in [2.24, 2.45) is 0 Å². The number of allylic oxidation sites excluding steroid dienone is 3. The molecule has 2 aromatic carbocycles. The van der Waals surface area contributed by atoms with E-state index in [0.29, 0.717) is 13.2 Å². The average molecular weight is 449 g/mol. The van der Waals surface area contributed by atoms with Crippen molar-refractivity contribution in [1.29, 1.82) is 0 Å². The van der Waals surface area contributed by atoms with Crippen LogP contribution in [-0.2, 0) is 13.0 Å². The van der Waals surface area contributed by atoms with Gasteiger partial charge in [-0.1, -0.05) is 67.0 Å². The van der Waals surface area contributed by atoms with E-state index in [-0.39, 0.29) is 0 Å². The predicted molar refractivity (Wildman–Crippen MR) is 143 cm³/mol. The molecule has 0 amide bonds. The summed E-state index contributed by atoms with van der Waals surface area (Å²) in [5.74, 6) is 2.09.